The Kier molecular flexibility index (Phi) is 5.83. The summed E-state index contributed by atoms with van der Waals surface area (Å²) in [7, 11) is 0. The number of rotatable bonds is 4. The Labute approximate surface area is 185 Å². The van der Waals surface area contributed by atoms with Crippen molar-refractivity contribution in [2.75, 3.05) is 26.2 Å². The van der Waals surface area contributed by atoms with Crippen molar-refractivity contribution in [1.82, 2.24) is 15.1 Å². The first kappa shape index (κ1) is 22.7. The van der Waals surface area contributed by atoms with Crippen LogP contribution in [0, 0.1) is 5.82 Å². The van der Waals surface area contributed by atoms with Crippen LogP contribution in [0.25, 0.3) is 0 Å². The van der Waals surface area contributed by atoms with Crippen molar-refractivity contribution in [2.45, 2.75) is 17.8 Å². The Morgan fingerprint density at radius 2 is 1.76 bits per heavy atom. The van der Waals surface area contributed by atoms with Crippen LogP contribution in [0.5, 0.6) is 0 Å². The Morgan fingerprint density at radius 1 is 1.09 bits per heavy atom. The third kappa shape index (κ3) is 4.04. The van der Waals surface area contributed by atoms with Gasteiger partial charge in [-0.05, 0) is 23.3 Å². The van der Waals surface area contributed by atoms with Crippen LogP contribution in [0.15, 0.2) is 54.6 Å². The van der Waals surface area contributed by atoms with E-state index in [2.05, 4.69) is 0 Å². The van der Waals surface area contributed by atoms with Gasteiger partial charge < -0.3 is 15.0 Å². The van der Waals surface area contributed by atoms with E-state index < -0.39 is 53.6 Å². The minimum Gasteiger partial charge on any atom is -0.370 e. The molecule has 2 fully saturated rings. The lowest BCUT2D eigenvalue weighted by molar-refractivity contribution is -0.198. The lowest BCUT2D eigenvalue weighted by atomic mass is 9.89. The lowest BCUT2D eigenvalue weighted by Crippen LogP contribution is -2.56. The summed E-state index contributed by atoms with van der Waals surface area (Å²) in [5.41, 5.74) is -3.11. The molecule has 174 valence electrons. The maximum absolute atomic E-state index is 14.1. The fourth-order valence-electron chi connectivity index (χ4n) is 3.95. The largest absolute Gasteiger partial charge is 0.425 e. The van der Waals surface area contributed by atoms with Crippen LogP contribution in [-0.2, 0) is 19.9 Å². The van der Waals surface area contributed by atoms with Crippen molar-refractivity contribution in [3.8, 4) is 0 Å². The van der Waals surface area contributed by atoms with E-state index in [-0.39, 0.29) is 24.6 Å². The SMILES string of the molecule is O=C(CN1C(=O)NC(c2ccccc2)(C(F)(F)F)C1=O)N1CCOC(c2ccc(F)cc2)C1. The number of hydrogen-bond acceptors (Lipinski definition) is 4. The smallest absolute Gasteiger partial charge is 0.370 e. The molecule has 1 N–H and O–H groups in total. The highest BCUT2D eigenvalue weighted by molar-refractivity contribution is 6.10. The zero-order valence-electron chi connectivity index (χ0n) is 17.1. The number of halogens is 4. The van der Waals surface area contributed by atoms with Gasteiger partial charge in [0.15, 0.2) is 0 Å². The maximum Gasteiger partial charge on any atom is 0.425 e. The molecule has 2 saturated heterocycles. The van der Waals surface area contributed by atoms with Crippen LogP contribution in [0.2, 0.25) is 0 Å². The molecular formula is C22H19F4N3O4. The van der Waals surface area contributed by atoms with Gasteiger partial charge in [-0.25, -0.2) is 9.18 Å². The van der Waals surface area contributed by atoms with E-state index in [1.807, 2.05) is 0 Å². The minimum absolute atomic E-state index is 0.0389. The Morgan fingerprint density at radius 3 is 2.39 bits per heavy atom. The third-order valence-electron chi connectivity index (χ3n) is 5.69. The number of imide groups is 1. The molecule has 2 unspecified atom stereocenters. The normalized spacial score (nSPS) is 23.6. The Hall–Kier alpha value is -3.47. The minimum atomic E-state index is -5.13. The van der Waals surface area contributed by atoms with Crippen LogP contribution < -0.4 is 5.32 Å². The first-order chi connectivity index (χ1) is 15.6. The van der Waals surface area contributed by atoms with Gasteiger partial charge >= 0.3 is 12.2 Å². The van der Waals surface area contributed by atoms with E-state index in [9.17, 15) is 31.9 Å². The van der Waals surface area contributed by atoms with Gasteiger partial charge in [0.25, 0.3) is 5.91 Å². The maximum atomic E-state index is 14.1. The number of carbonyl (C=O) groups excluding carboxylic acids is 3. The van der Waals surface area contributed by atoms with Gasteiger partial charge in [0.2, 0.25) is 11.4 Å². The topological polar surface area (TPSA) is 79.0 Å². The molecule has 0 bridgehead atoms. The monoisotopic (exact) mass is 465 g/mol. The lowest BCUT2D eigenvalue weighted by Gasteiger charge is -2.34. The van der Waals surface area contributed by atoms with Crippen LogP contribution in [-0.4, -0.2) is 60.1 Å². The van der Waals surface area contributed by atoms with E-state index in [1.54, 1.807) is 5.32 Å². The second-order valence-electron chi connectivity index (χ2n) is 7.69. The van der Waals surface area contributed by atoms with Crippen LogP contribution >= 0.6 is 0 Å². The fraction of sp³-hybridized carbons (Fsp3) is 0.318. The van der Waals surface area contributed by atoms with Crippen molar-refractivity contribution >= 4 is 17.8 Å². The van der Waals surface area contributed by atoms with Gasteiger partial charge in [0.1, 0.15) is 18.5 Å². The first-order valence-corrected chi connectivity index (χ1v) is 10.0. The zero-order chi connectivity index (χ0) is 23.8. The number of urea groups is 1. The molecule has 11 heteroatoms. The predicted octanol–water partition coefficient (Wildman–Crippen LogP) is 2.74. The Balaban J connectivity index is 1.53. The van der Waals surface area contributed by atoms with Gasteiger partial charge in [0, 0.05) is 6.54 Å². The quantitative estimate of drug-likeness (QED) is 0.557. The molecule has 7 nitrogen and oxygen atoms in total. The number of nitrogens with zero attached hydrogens (tertiary/aromatic N) is 2. The number of nitrogens with one attached hydrogen (secondary N) is 1. The molecule has 4 rings (SSSR count). The van der Waals surface area contributed by atoms with Crippen LogP contribution in [0.3, 0.4) is 0 Å². The Bertz CT molecular complexity index is 1060. The molecule has 0 aromatic heterocycles. The van der Waals surface area contributed by atoms with E-state index in [1.165, 1.54) is 47.4 Å². The standard InChI is InChI=1S/C22H19F4N3O4/c23-16-8-6-14(7-9-16)17-12-28(10-11-33-17)18(30)13-29-19(31)21(22(24,25)26,27-20(29)32)15-4-2-1-3-5-15/h1-9,17H,10-13H2,(H,27,32). The number of hydrogen-bond donors (Lipinski definition) is 1. The zero-order valence-corrected chi connectivity index (χ0v) is 17.1. The van der Waals surface area contributed by atoms with Crippen LogP contribution in [0.1, 0.15) is 17.2 Å². The van der Waals surface area contributed by atoms with E-state index in [0.29, 0.717) is 5.56 Å². The summed E-state index contributed by atoms with van der Waals surface area (Å²) in [6, 6.07) is 10.5. The van der Waals surface area contributed by atoms with Crippen molar-refractivity contribution < 1.29 is 36.7 Å². The molecule has 0 aliphatic carbocycles. The molecule has 2 atom stereocenters. The summed E-state index contributed by atoms with van der Waals surface area (Å²) in [6.45, 7) is -0.559. The van der Waals surface area contributed by atoms with Gasteiger partial charge in [0.05, 0.1) is 13.2 Å². The summed E-state index contributed by atoms with van der Waals surface area (Å²) >= 11 is 0. The summed E-state index contributed by atoms with van der Waals surface area (Å²) in [5.74, 6) is -2.71. The highest BCUT2D eigenvalue weighted by Gasteiger charge is 2.68. The van der Waals surface area contributed by atoms with Crippen molar-refractivity contribution in [3.05, 3.63) is 71.5 Å². The summed E-state index contributed by atoms with van der Waals surface area (Å²) in [6.07, 6.45) is -5.71. The van der Waals surface area contributed by atoms with Crippen molar-refractivity contribution in [1.29, 1.82) is 0 Å². The molecule has 0 spiro atoms. The van der Waals surface area contributed by atoms with Crippen LogP contribution in [0.4, 0.5) is 22.4 Å². The number of benzene rings is 2. The molecule has 4 amide bonds. The van der Waals surface area contributed by atoms with Gasteiger partial charge in [-0.15, -0.1) is 0 Å². The molecule has 2 heterocycles. The number of ether oxygens (including phenoxy) is 1. The molecule has 2 aromatic carbocycles. The van der Waals surface area contributed by atoms with Gasteiger partial charge in [-0.3, -0.25) is 14.5 Å². The second-order valence-corrected chi connectivity index (χ2v) is 7.69. The van der Waals surface area contributed by atoms with E-state index in [4.69, 9.17) is 4.74 Å². The molecular weight excluding hydrogens is 446 g/mol. The highest BCUT2D eigenvalue weighted by atomic mass is 19.4. The predicted molar refractivity (Wildman–Crippen MR) is 106 cm³/mol. The summed E-state index contributed by atoms with van der Waals surface area (Å²) < 4.78 is 60.9. The van der Waals surface area contributed by atoms with E-state index >= 15 is 0 Å². The third-order valence-corrected chi connectivity index (χ3v) is 5.69. The average Bonchev–Trinajstić information content (AvgIpc) is 3.06. The summed E-state index contributed by atoms with van der Waals surface area (Å²) in [5, 5.41) is 1.75. The second kappa shape index (κ2) is 8.47. The van der Waals surface area contributed by atoms with Crippen molar-refractivity contribution in [3.63, 3.8) is 0 Å². The molecule has 2 aromatic rings. The molecule has 0 saturated carbocycles. The first-order valence-electron chi connectivity index (χ1n) is 10.0. The molecule has 0 radical (unpaired) electrons. The van der Waals surface area contributed by atoms with E-state index in [0.717, 1.165) is 12.1 Å². The molecule has 33 heavy (non-hydrogen) atoms. The van der Waals surface area contributed by atoms with Crippen molar-refractivity contribution in [2.24, 2.45) is 0 Å². The number of amides is 4. The molecule has 2 aliphatic rings. The summed E-state index contributed by atoms with van der Waals surface area (Å²) in [4.78, 5) is 39.7. The van der Waals surface area contributed by atoms with Gasteiger partial charge in [-0.1, -0.05) is 42.5 Å². The number of carbonyl (C=O) groups is 3. The molecule has 2 aliphatic heterocycles. The number of morpholine rings is 1. The fourth-order valence-corrected chi connectivity index (χ4v) is 3.95. The highest BCUT2D eigenvalue weighted by Crippen LogP contribution is 2.43. The van der Waals surface area contributed by atoms with Gasteiger partial charge in [-0.2, -0.15) is 13.2 Å². The number of alkyl halides is 3. The average molecular weight is 465 g/mol.